The number of halogens is 1. The van der Waals surface area contributed by atoms with Crippen LogP contribution in [-0.2, 0) is 29.0 Å². The molecular weight excluding hydrogens is 452 g/mol. The molecule has 0 spiro atoms. The van der Waals surface area contributed by atoms with E-state index in [1.807, 2.05) is 0 Å². The van der Waals surface area contributed by atoms with Gasteiger partial charge in [0.15, 0.2) is 0 Å². The predicted octanol–water partition coefficient (Wildman–Crippen LogP) is 4.32. The van der Waals surface area contributed by atoms with E-state index in [2.05, 4.69) is 20.9 Å². The van der Waals surface area contributed by atoms with Crippen LogP contribution in [0.4, 0.5) is 16.2 Å². The first kappa shape index (κ1) is 23.2. The third-order valence-electron chi connectivity index (χ3n) is 4.32. The van der Waals surface area contributed by atoms with Gasteiger partial charge in [0, 0.05) is 16.8 Å². The molecule has 8 nitrogen and oxygen atoms in total. The molecule has 0 fully saturated rings. The Morgan fingerprint density at radius 3 is 2.50 bits per heavy atom. The molecule has 4 N–H and O–H groups in total. The molecule has 0 radical (unpaired) electrons. The predicted molar refractivity (Wildman–Crippen MR) is 124 cm³/mol. The number of nitrogens with one attached hydrogen (secondary N) is 3. The average molecular weight is 473 g/mol. The number of aryl methyl sites for hydroxylation is 1. The summed E-state index contributed by atoms with van der Waals surface area (Å²) in [5, 5.41) is 18.1. The SMILES string of the molecule is O=C(O)CCc1cnc(CNC(=O)Cc2ccc(NC(=O)Nc3ccccc3Cl)cc2)s1. The summed E-state index contributed by atoms with van der Waals surface area (Å²) in [6.07, 6.45) is 2.31. The van der Waals surface area contributed by atoms with Gasteiger partial charge < -0.3 is 21.1 Å². The minimum Gasteiger partial charge on any atom is -0.481 e. The molecule has 0 bridgehead atoms. The minimum atomic E-state index is -0.851. The average Bonchev–Trinajstić information content (AvgIpc) is 3.22. The molecule has 0 aliphatic carbocycles. The lowest BCUT2D eigenvalue weighted by Gasteiger charge is -2.09. The highest BCUT2D eigenvalue weighted by molar-refractivity contribution is 7.11. The van der Waals surface area contributed by atoms with Gasteiger partial charge in [-0.05, 0) is 36.2 Å². The van der Waals surface area contributed by atoms with Crippen LogP contribution in [0.15, 0.2) is 54.7 Å². The van der Waals surface area contributed by atoms with Crippen molar-refractivity contribution in [3.63, 3.8) is 0 Å². The van der Waals surface area contributed by atoms with Gasteiger partial charge in [0.05, 0.1) is 30.1 Å². The number of thiazole rings is 1. The van der Waals surface area contributed by atoms with Crippen LogP contribution in [0.1, 0.15) is 21.9 Å². The van der Waals surface area contributed by atoms with Gasteiger partial charge >= 0.3 is 12.0 Å². The molecule has 0 aliphatic heterocycles. The highest BCUT2D eigenvalue weighted by Crippen LogP contribution is 2.21. The van der Waals surface area contributed by atoms with Crippen molar-refractivity contribution >= 4 is 52.2 Å². The molecule has 0 aliphatic rings. The fourth-order valence-corrected chi connectivity index (χ4v) is 3.80. The van der Waals surface area contributed by atoms with Crippen molar-refractivity contribution in [2.45, 2.75) is 25.8 Å². The summed E-state index contributed by atoms with van der Waals surface area (Å²) in [5.74, 6) is -1.01. The van der Waals surface area contributed by atoms with Crippen molar-refractivity contribution in [1.82, 2.24) is 10.3 Å². The van der Waals surface area contributed by atoms with Crippen LogP contribution in [-0.4, -0.2) is 28.0 Å². The zero-order chi connectivity index (χ0) is 22.9. The molecule has 3 aromatic rings. The fraction of sp³-hybridized carbons (Fsp3) is 0.182. The largest absolute Gasteiger partial charge is 0.481 e. The van der Waals surface area contributed by atoms with Crippen molar-refractivity contribution in [2.24, 2.45) is 0 Å². The number of hydrogen-bond acceptors (Lipinski definition) is 5. The molecule has 0 saturated carbocycles. The Hall–Kier alpha value is -3.43. The third-order valence-corrected chi connectivity index (χ3v) is 5.71. The van der Waals surface area contributed by atoms with Crippen LogP contribution in [0.2, 0.25) is 5.02 Å². The molecule has 2 aromatic carbocycles. The third kappa shape index (κ3) is 7.36. The van der Waals surface area contributed by atoms with E-state index in [1.165, 1.54) is 11.3 Å². The smallest absolute Gasteiger partial charge is 0.323 e. The van der Waals surface area contributed by atoms with Gasteiger partial charge in [0.1, 0.15) is 5.01 Å². The Labute approximate surface area is 193 Å². The number of carbonyl (C=O) groups excluding carboxylic acids is 2. The Morgan fingerprint density at radius 2 is 1.78 bits per heavy atom. The maximum atomic E-state index is 12.2. The van der Waals surface area contributed by atoms with Crippen LogP contribution < -0.4 is 16.0 Å². The first-order valence-corrected chi connectivity index (χ1v) is 10.9. The fourth-order valence-electron chi connectivity index (χ4n) is 2.75. The molecule has 10 heteroatoms. The lowest BCUT2D eigenvalue weighted by molar-refractivity contribution is -0.137. The summed E-state index contributed by atoms with van der Waals surface area (Å²) in [4.78, 5) is 40.0. The van der Waals surface area contributed by atoms with Crippen molar-refractivity contribution < 1.29 is 19.5 Å². The van der Waals surface area contributed by atoms with Crippen molar-refractivity contribution in [2.75, 3.05) is 10.6 Å². The van der Waals surface area contributed by atoms with E-state index in [9.17, 15) is 14.4 Å². The molecule has 166 valence electrons. The molecule has 32 heavy (non-hydrogen) atoms. The van der Waals surface area contributed by atoms with E-state index < -0.39 is 12.0 Å². The van der Waals surface area contributed by atoms with E-state index in [-0.39, 0.29) is 18.7 Å². The monoisotopic (exact) mass is 472 g/mol. The minimum absolute atomic E-state index is 0.0561. The Balaban J connectivity index is 1.43. The highest BCUT2D eigenvalue weighted by atomic mass is 35.5. The second-order valence-corrected chi connectivity index (χ2v) is 8.43. The van der Waals surface area contributed by atoms with Gasteiger partial charge in [-0.25, -0.2) is 9.78 Å². The number of aromatic nitrogens is 1. The molecule has 1 heterocycles. The van der Waals surface area contributed by atoms with E-state index in [0.717, 1.165) is 15.4 Å². The first-order chi connectivity index (χ1) is 15.4. The molecule has 0 saturated heterocycles. The van der Waals surface area contributed by atoms with Gasteiger partial charge in [0.2, 0.25) is 5.91 Å². The van der Waals surface area contributed by atoms with Crippen LogP contribution in [0.5, 0.6) is 0 Å². The van der Waals surface area contributed by atoms with Gasteiger partial charge in [0.25, 0.3) is 0 Å². The van der Waals surface area contributed by atoms with E-state index >= 15 is 0 Å². The molecular formula is C22H21ClN4O4S. The number of rotatable bonds is 9. The Morgan fingerprint density at radius 1 is 1.03 bits per heavy atom. The first-order valence-electron chi connectivity index (χ1n) is 9.72. The summed E-state index contributed by atoms with van der Waals surface area (Å²) in [5.41, 5.74) is 1.88. The number of para-hydroxylation sites is 1. The van der Waals surface area contributed by atoms with Gasteiger partial charge in [-0.3, -0.25) is 9.59 Å². The second-order valence-electron chi connectivity index (χ2n) is 6.82. The van der Waals surface area contributed by atoms with Crippen LogP contribution in [0.3, 0.4) is 0 Å². The molecule has 1 aromatic heterocycles. The van der Waals surface area contributed by atoms with E-state index in [0.29, 0.717) is 29.4 Å². The summed E-state index contributed by atoms with van der Waals surface area (Å²) in [7, 11) is 0. The summed E-state index contributed by atoms with van der Waals surface area (Å²) in [6, 6.07) is 13.5. The standard InChI is InChI=1S/C22H21ClN4O4S/c23-17-3-1-2-4-18(17)27-22(31)26-15-7-5-14(6-8-15)11-19(28)24-13-20-25-12-16(32-20)9-10-21(29)30/h1-8,12H,9-11,13H2,(H,24,28)(H,29,30)(H2,26,27,31). The lowest BCUT2D eigenvalue weighted by Crippen LogP contribution is -2.24. The van der Waals surface area contributed by atoms with Crippen LogP contribution in [0, 0.1) is 0 Å². The summed E-state index contributed by atoms with van der Waals surface area (Å²) >= 11 is 7.42. The van der Waals surface area contributed by atoms with Crippen LogP contribution >= 0.6 is 22.9 Å². The topological polar surface area (TPSA) is 120 Å². The number of amides is 3. The zero-order valence-electron chi connectivity index (χ0n) is 16.9. The number of carbonyl (C=O) groups is 3. The summed E-state index contributed by atoms with van der Waals surface area (Å²) < 4.78 is 0. The number of anilines is 2. The van der Waals surface area contributed by atoms with Crippen molar-refractivity contribution in [1.29, 1.82) is 0 Å². The second kappa shape index (κ2) is 11.3. The number of benzene rings is 2. The molecule has 0 unspecified atom stereocenters. The van der Waals surface area contributed by atoms with E-state index in [4.69, 9.17) is 16.7 Å². The lowest BCUT2D eigenvalue weighted by atomic mass is 10.1. The molecule has 0 atom stereocenters. The van der Waals surface area contributed by atoms with Gasteiger partial charge in [-0.2, -0.15) is 0 Å². The van der Waals surface area contributed by atoms with Crippen molar-refractivity contribution in [3.05, 3.63) is 75.2 Å². The Kier molecular flexibility index (Phi) is 8.18. The number of aliphatic carboxylic acids is 1. The number of hydrogen-bond donors (Lipinski definition) is 4. The molecule has 3 rings (SSSR count). The zero-order valence-corrected chi connectivity index (χ0v) is 18.5. The van der Waals surface area contributed by atoms with Crippen molar-refractivity contribution in [3.8, 4) is 0 Å². The number of nitrogens with zero attached hydrogens (tertiary/aromatic N) is 1. The van der Waals surface area contributed by atoms with Crippen LogP contribution in [0.25, 0.3) is 0 Å². The Bertz CT molecular complexity index is 1100. The summed E-state index contributed by atoms with van der Waals surface area (Å²) in [6.45, 7) is 0.290. The van der Waals surface area contributed by atoms with E-state index in [1.54, 1.807) is 54.7 Å². The maximum absolute atomic E-state index is 12.2. The van der Waals surface area contributed by atoms with Gasteiger partial charge in [-0.1, -0.05) is 35.9 Å². The number of carboxylic acids is 1. The maximum Gasteiger partial charge on any atom is 0.323 e. The normalized spacial score (nSPS) is 10.4. The molecule has 3 amide bonds. The number of urea groups is 1. The van der Waals surface area contributed by atoms with Gasteiger partial charge in [-0.15, -0.1) is 11.3 Å². The highest BCUT2D eigenvalue weighted by Gasteiger charge is 2.09. The quantitative estimate of drug-likeness (QED) is 0.369. The number of carboxylic acid groups (broad SMARTS) is 1.